The van der Waals surface area contributed by atoms with E-state index in [0.29, 0.717) is 18.6 Å². The summed E-state index contributed by atoms with van der Waals surface area (Å²) in [5, 5.41) is 17.4. The highest BCUT2D eigenvalue weighted by Gasteiger charge is 2.35. The van der Waals surface area contributed by atoms with Gasteiger partial charge in [0.2, 0.25) is 0 Å². The highest BCUT2D eigenvalue weighted by molar-refractivity contribution is 14.0. The van der Waals surface area contributed by atoms with E-state index >= 15 is 0 Å². The van der Waals surface area contributed by atoms with Crippen molar-refractivity contribution in [3.05, 3.63) is 0 Å². The van der Waals surface area contributed by atoms with Crippen molar-refractivity contribution in [1.29, 1.82) is 0 Å². The summed E-state index contributed by atoms with van der Waals surface area (Å²) < 4.78 is 0. The molecule has 0 amide bonds. The average Bonchev–Trinajstić information content (AvgIpc) is 2.56. The van der Waals surface area contributed by atoms with Crippen LogP contribution in [0, 0.1) is 5.41 Å². The summed E-state index contributed by atoms with van der Waals surface area (Å²) in [6.07, 6.45) is 6.47. The molecule has 1 heterocycles. The van der Waals surface area contributed by atoms with Gasteiger partial charge in [0.05, 0.1) is 12.6 Å². The Balaban J connectivity index is 0.00000312. The van der Waals surface area contributed by atoms with Crippen molar-refractivity contribution in [2.75, 3.05) is 26.2 Å². The number of hydrogen-bond donors (Lipinski definition) is 3. The maximum atomic E-state index is 10.4. The van der Waals surface area contributed by atoms with Crippen LogP contribution in [0.25, 0.3) is 0 Å². The van der Waals surface area contributed by atoms with Gasteiger partial charge in [-0.05, 0) is 46.5 Å². The van der Waals surface area contributed by atoms with Gasteiger partial charge in [0, 0.05) is 37.1 Å². The average molecular weight is 466 g/mol. The standard InChI is InChI=1S/C19H38N4O.HI/c1-5-20-18(21-14-19(4)11-7-6-8-17(19)24)22-16-9-12-23(13-10-16)15(2)3;/h15-17,24H,5-14H2,1-4H3,(H2,20,21,22);1H. The fourth-order valence-electron chi connectivity index (χ4n) is 3.90. The normalized spacial score (nSPS) is 29.4. The van der Waals surface area contributed by atoms with Crippen LogP contribution in [0.5, 0.6) is 0 Å². The third-order valence-electron chi connectivity index (χ3n) is 5.82. The molecule has 2 atom stereocenters. The van der Waals surface area contributed by atoms with E-state index in [1.54, 1.807) is 0 Å². The minimum absolute atomic E-state index is 0. The summed E-state index contributed by atoms with van der Waals surface area (Å²) in [6, 6.07) is 1.14. The second kappa shape index (κ2) is 10.9. The number of nitrogens with one attached hydrogen (secondary N) is 2. The Hall–Kier alpha value is -0.0800. The summed E-state index contributed by atoms with van der Waals surface area (Å²) >= 11 is 0. The SMILES string of the molecule is CCNC(=NCC1(C)CCCCC1O)NC1CCN(C(C)C)CC1.I. The van der Waals surface area contributed by atoms with Crippen molar-refractivity contribution in [3.8, 4) is 0 Å². The number of guanidine groups is 1. The maximum Gasteiger partial charge on any atom is 0.191 e. The molecule has 1 aliphatic carbocycles. The van der Waals surface area contributed by atoms with E-state index in [9.17, 15) is 5.11 Å². The molecule has 148 valence electrons. The number of piperidine rings is 1. The summed E-state index contributed by atoms with van der Waals surface area (Å²) in [7, 11) is 0. The second-order valence-corrected chi connectivity index (χ2v) is 8.16. The molecule has 6 heteroatoms. The molecular formula is C19H39IN4O. The molecule has 2 aliphatic rings. The number of hydrogen-bond acceptors (Lipinski definition) is 3. The Morgan fingerprint density at radius 3 is 2.48 bits per heavy atom. The highest BCUT2D eigenvalue weighted by atomic mass is 127. The lowest BCUT2D eigenvalue weighted by atomic mass is 9.73. The van der Waals surface area contributed by atoms with Gasteiger partial charge in [-0.25, -0.2) is 0 Å². The topological polar surface area (TPSA) is 59.9 Å². The number of likely N-dealkylation sites (tertiary alicyclic amines) is 1. The fraction of sp³-hybridized carbons (Fsp3) is 0.947. The van der Waals surface area contributed by atoms with Crippen molar-refractivity contribution < 1.29 is 5.11 Å². The molecule has 25 heavy (non-hydrogen) atoms. The first-order chi connectivity index (χ1) is 11.4. The number of rotatable bonds is 5. The van der Waals surface area contributed by atoms with Crippen LogP contribution in [0.15, 0.2) is 4.99 Å². The molecule has 0 aromatic rings. The predicted octanol–water partition coefficient (Wildman–Crippen LogP) is 2.97. The van der Waals surface area contributed by atoms with Gasteiger partial charge in [0.25, 0.3) is 0 Å². The molecule has 0 bridgehead atoms. The summed E-state index contributed by atoms with van der Waals surface area (Å²) in [4.78, 5) is 7.37. The van der Waals surface area contributed by atoms with Crippen LogP contribution >= 0.6 is 24.0 Å². The zero-order valence-corrected chi connectivity index (χ0v) is 18.9. The lowest BCUT2D eigenvalue weighted by Crippen LogP contribution is -2.50. The first-order valence-electron chi connectivity index (χ1n) is 9.91. The minimum Gasteiger partial charge on any atom is -0.392 e. The van der Waals surface area contributed by atoms with Crippen molar-refractivity contribution in [3.63, 3.8) is 0 Å². The van der Waals surface area contributed by atoms with Crippen LogP contribution in [-0.4, -0.2) is 60.3 Å². The molecule has 2 rings (SSSR count). The molecule has 0 aromatic carbocycles. The first kappa shape index (κ1) is 23.0. The van der Waals surface area contributed by atoms with E-state index in [2.05, 4.69) is 43.2 Å². The van der Waals surface area contributed by atoms with Gasteiger partial charge in [0.1, 0.15) is 0 Å². The van der Waals surface area contributed by atoms with Crippen LogP contribution < -0.4 is 10.6 Å². The van der Waals surface area contributed by atoms with Crippen molar-refractivity contribution in [1.82, 2.24) is 15.5 Å². The zero-order valence-electron chi connectivity index (χ0n) is 16.6. The molecular weight excluding hydrogens is 427 g/mol. The van der Waals surface area contributed by atoms with Crippen LogP contribution in [0.1, 0.15) is 66.2 Å². The van der Waals surface area contributed by atoms with E-state index in [1.165, 1.54) is 19.3 Å². The molecule has 5 nitrogen and oxygen atoms in total. The van der Waals surface area contributed by atoms with E-state index in [0.717, 1.165) is 44.9 Å². The number of aliphatic imine (C=N–C) groups is 1. The smallest absolute Gasteiger partial charge is 0.191 e. The lowest BCUT2D eigenvalue weighted by molar-refractivity contribution is 0.00715. The zero-order chi connectivity index (χ0) is 17.6. The molecule has 1 saturated carbocycles. The van der Waals surface area contributed by atoms with Gasteiger partial charge in [-0.15, -0.1) is 24.0 Å². The van der Waals surface area contributed by atoms with Gasteiger partial charge in [0.15, 0.2) is 5.96 Å². The van der Waals surface area contributed by atoms with Gasteiger partial charge in [-0.3, -0.25) is 4.99 Å². The molecule has 0 radical (unpaired) electrons. The second-order valence-electron chi connectivity index (χ2n) is 8.16. The maximum absolute atomic E-state index is 10.4. The van der Waals surface area contributed by atoms with E-state index < -0.39 is 0 Å². The van der Waals surface area contributed by atoms with E-state index in [4.69, 9.17) is 4.99 Å². The number of halogens is 1. The Kier molecular flexibility index (Phi) is 10.0. The third kappa shape index (κ3) is 6.86. The Labute approximate surface area is 171 Å². The Morgan fingerprint density at radius 2 is 1.92 bits per heavy atom. The van der Waals surface area contributed by atoms with Gasteiger partial charge in [-0.1, -0.05) is 19.8 Å². The van der Waals surface area contributed by atoms with Crippen molar-refractivity contribution in [2.45, 2.75) is 84.4 Å². The highest BCUT2D eigenvalue weighted by Crippen LogP contribution is 2.36. The third-order valence-corrected chi connectivity index (χ3v) is 5.82. The number of aliphatic hydroxyl groups is 1. The van der Waals surface area contributed by atoms with E-state index in [-0.39, 0.29) is 35.5 Å². The number of aliphatic hydroxyl groups excluding tert-OH is 1. The monoisotopic (exact) mass is 466 g/mol. The van der Waals surface area contributed by atoms with Crippen LogP contribution in [0.2, 0.25) is 0 Å². The lowest BCUT2D eigenvalue weighted by Gasteiger charge is -2.38. The summed E-state index contributed by atoms with van der Waals surface area (Å²) in [6.45, 7) is 12.7. The van der Waals surface area contributed by atoms with Crippen molar-refractivity contribution >= 4 is 29.9 Å². The van der Waals surface area contributed by atoms with Gasteiger partial charge >= 0.3 is 0 Å². The molecule has 1 saturated heterocycles. The molecule has 2 unspecified atom stereocenters. The molecule has 1 aliphatic heterocycles. The van der Waals surface area contributed by atoms with E-state index in [1.807, 2.05) is 0 Å². The van der Waals surface area contributed by atoms with Gasteiger partial charge in [-0.2, -0.15) is 0 Å². The quantitative estimate of drug-likeness (QED) is 0.331. The largest absolute Gasteiger partial charge is 0.392 e. The molecule has 0 spiro atoms. The van der Waals surface area contributed by atoms with Crippen LogP contribution in [0.3, 0.4) is 0 Å². The van der Waals surface area contributed by atoms with Gasteiger partial charge < -0.3 is 20.6 Å². The molecule has 2 fully saturated rings. The minimum atomic E-state index is -0.216. The number of nitrogens with zero attached hydrogens (tertiary/aromatic N) is 2. The predicted molar refractivity (Wildman–Crippen MR) is 117 cm³/mol. The molecule has 0 aromatic heterocycles. The Bertz CT molecular complexity index is 410. The Morgan fingerprint density at radius 1 is 1.24 bits per heavy atom. The van der Waals surface area contributed by atoms with Crippen molar-refractivity contribution in [2.24, 2.45) is 10.4 Å². The van der Waals surface area contributed by atoms with Crippen LogP contribution in [0.4, 0.5) is 0 Å². The van der Waals surface area contributed by atoms with Crippen LogP contribution in [-0.2, 0) is 0 Å². The first-order valence-corrected chi connectivity index (χ1v) is 9.91. The fourth-order valence-corrected chi connectivity index (χ4v) is 3.90. The summed E-state index contributed by atoms with van der Waals surface area (Å²) in [5.41, 5.74) is -0.0678. The molecule has 3 N–H and O–H groups in total. The summed E-state index contributed by atoms with van der Waals surface area (Å²) in [5.74, 6) is 0.916.